The Morgan fingerprint density at radius 2 is 2.11 bits per heavy atom. The molecule has 48 valence electrons. The lowest BCUT2D eigenvalue weighted by Gasteiger charge is -1.98. The number of benzene rings is 1. The molecule has 0 fully saturated rings. The molecule has 1 nitrogen and oxygen atoms in total. The van der Waals surface area contributed by atoms with Crippen molar-refractivity contribution < 1.29 is 0 Å². The number of rotatable bonds is 0. The van der Waals surface area contributed by atoms with Gasteiger partial charge in [-0.3, -0.25) is 0 Å². The Morgan fingerprint density at radius 3 is 2.56 bits per heavy atom. The maximum atomic E-state index is 5.57. The van der Waals surface area contributed by atoms with Crippen LogP contribution in [0.5, 0.6) is 0 Å². The van der Waals surface area contributed by atoms with Crippen LogP contribution >= 0.6 is 9.24 Å². The van der Waals surface area contributed by atoms with Crippen LogP contribution in [-0.4, -0.2) is 0 Å². The van der Waals surface area contributed by atoms with Gasteiger partial charge >= 0.3 is 0 Å². The fraction of sp³-hybridized carbons (Fsp3) is 0.143. The van der Waals surface area contributed by atoms with Crippen LogP contribution in [-0.2, 0) is 0 Å². The summed E-state index contributed by atoms with van der Waals surface area (Å²) in [7, 11) is 2.60. The van der Waals surface area contributed by atoms with Crippen molar-refractivity contribution in [2.75, 3.05) is 5.73 Å². The summed E-state index contributed by atoms with van der Waals surface area (Å²) in [6.45, 7) is 2.05. The van der Waals surface area contributed by atoms with Crippen LogP contribution in [0.3, 0.4) is 0 Å². The fourth-order valence-electron chi connectivity index (χ4n) is 0.694. The van der Waals surface area contributed by atoms with Crippen molar-refractivity contribution in [3.05, 3.63) is 23.8 Å². The van der Waals surface area contributed by atoms with Crippen molar-refractivity contribution in [2.24, 2.45) is 0 Å². The maximum absolute atomic E-state index is 5.57. The first-order valence-electron chi connectivity index (χ1n) is 2.82. The van der Waals surface area contributed by atoms with Crippen molar-refractivity contribution in [1.82, 2.24) is 0 Å². The molecule has 1 rings (SSSR count). The van der Waals surface area contributed by atoms with Crippen LogP contribution in [0, 0.1) is 6.92 Å². The van der Waals surface area contributed by atoms with Gasteiger partial charge in [0.05, 0.1) is 0 Å². The molecule has 0 amide bonds. The largest absolute Gasteiger partial charge is 0.398 e. The van der Waals surface area contributed by atoms with Gasteiger partial charge in [0.25, 0.3) is 0 Å². The molecule has 1 unspecified atom stereocenters. The molecule has 2 heteroatoms. The highest BCUT2D eigenvalue weighted by Crippen LogP contribution is 2.04. The molecule has 1 atom stereocenters. The number of hydrogen-bond donors (Lipinski definition) is 1. The summed E-state index contributed by atoms with van der Waals surface area (Å²) in [6.07, 6.45) is 0. The zero-order chi connectivity index (χ0) is 6.85. The minimum atomic E-state index is 0.839. The van der Waals surface area contributed by atoms with E-state index in [0.29, 0.717) is 0 Å². The third kappa shape index (κ3) is 1.43. The van der Waals surface area contributed by atoms with E-state index in [9.17, 15) is 0 Å². The molecule has 0 saturated heterocycles. The van der Waals surface area contributed by atoms with E-state index in [4.69, 9.17) is 5.73 Å². The lowest BCUT2D eigenvalue weighted by molar-refractivity contribution is 1.50. The van der Waals surface area contributed by atoms with Crippen molar-refractivity contribution >= 4 is 20.2 Å². The first kappa shape index (κ1) is 6.57. The molecule has 0 spiro atoms. The standard InChI is InChI=1S/C7H10NP/c1-5-2-3-6(8)7(9)4-5/h2-4H,8-9H2,1H3. The molecule has 1 aromatic rings. The van der Waals surface area contributed by atoms with E-state index in [1.165, 1.54) is 5.56 Å². The van der Waals surface area contributed by atoms with Gasteiger partial charge in [0.1, 0.15) is 0 Å². The summed E-state index contributed by atoms with van der Waals surface area (Å²) in [5.74, 6) is 0. The molecular weight excluding hydrogens is 129 g/mol. The van der Waals surface area contributed by atoms with E-state index in [-0.39, 0.29) is 0 Å². The Balaban J connectivity index is 3.17. The Hall–Kier alpha value is -0.550. The molecule has 0 heterocycles. The van der Waals surface area contributed by atoms with Gasteiger partial charge in [-0.15, -0.1) is 9.24 Å². The highest BCUT2D eigenvalue weighted by molar-refractivity contribution is 7.28. The minimum absolute atomic E-state index is 0.839. The van der Waals surface area contributed by atoms with Crippen LogP contribution in [0.4, 0.5) is 5.69 Å². The van der Waals surface area contributed by atoms with E-state index in [1.54, 1.807) is 0 Å². The van der Waals surface area contributed by atoms with Crippen LogP contribution in [0.1, 0.15) is 5.56 Å². The Bertz CT molecular complexity index is 220. The van der Waals surface area contributed by atoms with Crippen molar-refractivity contribution in [3.8, 4) is 0 Å². The summed E-state index contributed by atoms with van der Waals surface area (Å²) in [4.78, 5) is 0. The molecule has 0 aliphatic carbocycles. The second kappa shape index (κ2) is 2.36. The van der Waals surface area contributed by atoms with Gasteiger partial charge in [0.15, 0.2) is 0 Å². The van der Waals surface area contributed by atoms with E-state index in [0.717, 1.165) is 11.0 Å². The Morgan fingerprint density at radius 1 is 1.44 bits per heavy atom. The summed E-state index contributed by atoms with van der Waals surface area (Å²) >= 11 is 0. The van der Waals surface area contributed by atoms with Gasteiger partial charge in [-0.2, -0.15) is 0 Å². The van der Waals surface area contributed by atoms with Crippen molar-refractivity contribution in [3.63, 3.8) is 0 Å². The molecule has 0 bridgehead atoms. The third-order valence-corrected chi connectivity index (χ3v) is 1.74. The number of aryl methyl sites for hydroxylation is 1. The normalized spacial score (nSPS) is 9.56. The third-order valence-electron chi connectivity index (χ3n) is 1.24. The molecule has 0 aliphatic heterocycles. The Kier molecular flexibility index (Phi) is 1.73. The van der Waals surface area contributed by atoms with E-state index >= 15 is 0 Å². The van der Waals surface area contributed by atoms with Gasteiger partial charge in [0, 0.05) is 5.69 Å². The molecule has 9 heavy (non-hydrogen) atoms. The Labute approximate surface area is 57.5 Å². The lowest BCUT2D eigenvalue weighted by atomic mass is 10.2. The van der Waals surface area contributed by atoms with E-state index < -0.39 is 0 Å². The predicted molar refractivity (Wildman–Crippen MR) is 44.9 cm³/mol. The van der Waals surface area contributed by atoms with Crippen LogP contribution in [0.15, 0.2) is 18.2 Å². The smallest absolute Gasteiger partial charge is 0.0386 e. The summed E-state index contributed by atoms with van der Waals surface area (Å²) in [5, 5.41) is 1.08. The lowest BCUT2D eigenvalue weighted by Crippen LogP contribution is -2.00. The van der Waals surface area contributed by atoms with Crippen LogP contribution in [0.2, 0.25) is 0 Å². The van der Waals surface area contributed by atoms with Crippen LogP contribution in [0.25, 0.3) is 0 Å². The first-order valence-corrected chi connectivity index (χ1v) is 3.39. The molecule has 0 saturated carbocycles. The second-order valence-electron chi connectivity index (χ2n) is 2.13. The van der Waals surface area contributed by atoms with E-state index in [2.05, 4.69) is 9.24 Å². The number of nitrogens with two attached hydrogens (primary N) is 1. The SMILES string of the molecule is Cc1ccc(N)c(P)c1. The van der Waals surface area contributed by atoms with Gasteiger partial charge in [0.2, 0.25) is 0 Å². The van der Waals surface area contributed by atoms with Gasteiger partial charge in [-0.25, -0.2) is 0 Å². The molecule has 2 N–H and O–H groups in total. The molecule has 0 aromatic heterocycles. The monoisotopic (exact) mass is 139 g/mol. The highest BCUT2D eigenvalue weighted by Gasteiger charge is 1.89. The van der Waals surface area contributed by atoms with Gasteiger partial charge in [-0.05, 0) is 18.3 Å². The zero-order valence-corrected chi connectivity index (χ0v) is 6.54. The molecule has 0 aliphatic rings. The average Bonchev–Trinajstić information content (AvgIpc) is 1.80. The molecule has 0 radical (unpaired) electrons. The van der Waals surface area contributed by atoms with Gasteiger partial charge < -0.3 is 5.73 Å². The number of nitrogen functional groups attached to an aromatic ring is 1. The molecule has 1 aromatic carbocycles. The quantitative estimate of drug-likeness (QED) is 0.422. The predicted octanol–water partition coefficient (Wildman–Crippen LogP) is 1.08. The summed E-state index contributed by atoms with van der Waals surface area (Å²) < 4.78 is 0. The zero-order valence-electron chi connectivity index (χ0n) is 5.39. The average molecular weight is 139 g/mol. The van der Waals surface area contributed by atoms with Crippen LogP contribution < -0.4 is 11.0 Å². The minimum Gasteiger partial charge on any atom is -0.398 e. The van der Waals surface area contributed by atoms with Crippen molar-refractivity contribution in [2.45, 2.75) is 6.92 Å². The topological polar surface area (TPSA) is 26.0 Å². The van der Waals surface area contributed by atoms with Crippen molar-refractivity contribution in [1.29, 1.82) is 0 Å². The fourth-order valence-corrected chi connectivity index (χ4v) is 1.05. The first-order chi connectivity index (χ1) is 4.20. The highest BCUT2D eigenvalue weighted by atomic mass is 31.0. The summed E-state index contributed by atoms with van der Waals surface area (Å²) in [5.41, 5.74) is 7.65. The van der Waals surface area contributed by atoms with Gasteiger partial charge in [-0.1, -0.05) is 17.7 Å². The summed E-state index contributed by atoms with van der Waals surface area (Å²) in [6, 6.07) is 5.96. The molecular formula is C7H10NP. The second-order valence-corrected chi connectivity index (χ2v) is 2.75. The number of hydrogen-bond acceptors (Lipinski definition) is 1. The number of anilines is 1. The maximum Gasteiger partial charge on any atom is 0.0386 e. The van der Waals surface area contributed by atoms with E-state index in [1.807, 2.05) is 25.1 Å².